The molecule has 1 N–H and O–H groups in total. The van der Waals surface area contributed by atoms with Gasteiger partial charge in [0.2, 0.25) is 0 Å². The van der Waals surface area contributed by atoms with Crippen molar-refractivity contribution in [3.05, 3.63) is 17.2 Å². The second-order valence-electron chi connectivity index (χ2n) is 1.86. The van der Waals surface area contributed by atoms with E-state index in [0.29, 0.717) is 0 Å². The standard InChI is InChI=1S/C5H8BN/c1-4-3-5(2)7-6-4/h3,7H,1-2H3. The molecule has 0 aliphatic heterocycles. The average molecular weight is 92.9 g/mol. The van der Waals surface area contributed by atoms with E-state index in [1.54, 1.807) is 0 Å². The molecule has 0 aliphatic rings. The third-order valence-corrected chi connectivity index (χ3v) is 0.972. The summed E-state index contributed by atoms with van der Waals surface area (Å²) in [6, 6.07) is 2.11. The SMILES string of the molecule is Cc1b[nH]c(C)c1. The van der Waals surface area contributed by atoms with E-state index in [-0.39, 0.29) is 0 Å². The first-order valence-electron chi connectivity index (χ1n) is 2.40. The van der Waals surface area contributed by atoms with Gasteiger partial charge < -0.3 is 0 Å². The Morgan fingerprint density at radius 2 is 2.29 bits per heavy atom. The molecule has 7 heavy (non-hydrogen) atoms. The van der Waals surface area contributed by atoms with E-state index in [9.17, 15) is 0 Å². The van der Waals surface area contributed by atoms with E-state index in [2.05, 4.69) is 17.9 Å². The molecule has 0 spiro atoms. The van der Waals surface area contributed by atoms with Gasteiger partial charge in [0.25, 0.3) is 0 Å². The van der Waals surface area contributed by atoms with Gasteiger partial charge in [-0.3, -0.25) is 0 Å². The molecule has 0 bridgehead atoms. The van der Waals surface area contributed by atoms with Gasteiger partial charge in [-0.25, -0.2) is 0 Å². The molecular formula is C5H8BN. The Morgan fingerprint density at radius 1 is 1.57 bits per heavy atom. The molecule has 0 atom stereocenters. The molecule has 0 amide bonds. The minimum atomic E-state index is 1.23. The number of aryl methyl sites for hydroxylation is 2. The average Bonchev–Trinajstić information content (AvgIpc) is 1.87. The molecule has 1 heterocycles. The summed E-state index contributed by atoms with van der Waals surface area (Å²) in [6.07, 6.45) is 0. The monoisotopic (exact) mass is 93.1 g/mol. The molecule has 2 heteroatoms. The normalized spacial score (nSPS) is 8.86. The fraction of sp³-hybridized carbons (Fsp3) is 0.400. The van der Waals surface area contributed by atoms with Crippen molar-refractivity contribution in [2.24, 2.45) is 0 Å². The van der Waals surface area contributed by atoms with E-state index in [1.807, 2.05) is 14.0 Å². The molecule has 0 aliphatic carbocycles. The Labute approximate surface area is 44.0 Å². The van der Waals surface area contributed by atoms with Crippen molar-refractivity contribution in [3.63, 3.8) is 0 Å². The van der Waals surface area contributed by atoms with Crippen molar-refractivity contribution in [1.29, 1.82) is 0 Å². The van der Waals surface area contributed by atoms with Crippen molar-refractivity contribution < 1.29 is 0 Å². The molecule has 1 aromatic rings. The molecule has 36 valence electrons. The summed E-state index contributed by atoms with van der Waals surface area (Å²) in [7, 11) is 2.00. The third kappa shape index (κ3) is 0.920. The van der Waals surface area contributed by atoms with Gasteiger partial charge in [0.1, 0.15) is 0 Å². The van der Waals surface area contributed by atoms with Gasteiger partial charge in [-0.05, 0) is 0 Å². The Balaban J connectivity index is 3.04. The van der Waals surface area contributed by atoms with Gasteiger partial charge in [0, 0.05) is 0 Å². The molecule has 0 fully saturated rings. The van der Waals surface area contributed by atoms with Gasteiger partial charge in [-0.1, -0.05) is 0 Å². The van der Waals surface area contributed by atoms with Crippen LogP contribution in [0.25, 0.3) is 0 Å². The second-order valence-corrected chi connectivity index (χ2v) is 1.86. The molecular weight excluding hydrogens is 84.9 g/mol. The maximum atomic E-state index is 3.07. The van der Waals surface area contributed by atoms with Crippen LogP contribution in [0.3, 0.4) is 0 Å². The van der Waals surface area contributed by atoms with Gasteiger partial charge in [-0.15, -0.1) is 0 Å². The van der Waals surface area contributed by atoms with E-state index < -0.39 is 0 Å². The van der Waals surface area contributed by atoms with Crippen LogP contribution in [0.15, 0.2) is 6.07 Å². The van der Waals surface area contributed by atoms with Gasteiger partial charge in [-0.2, -0.15) is 0 Å². The molecule has 1 aromatic heterocycles. The number of nitrogens with one attached hydrogen (secondary N) is 1. The minimum absolute atomic E-state index is 1.23. The number of hydrogen-bond donors (Lipinski definition) is 1. The fourth-order valence-electron chi connectivity index (χ4n) is 0.653. The molecule has 0 saturated carbocycles. The Morgan fingerprint density at radius 3 is 2.43 bits per heavy atom. The van der Waals surface area contributed by atoms with Gasteiger partial charge in [0.05, 0.1) is 0 Å². The first-order chi connectivity index (χ1) is 3.29. The van der Waals surface area contributed by atoms with Crippen LogP contribution in [0, 0.1) is 13.8 Å². The quantitative estimate of drug-likeness (QED) is 0.491. The van der Waals surface area contributed by atoms with Crippen LogP contribution in [0.5, 0.6) is 0 Å². The summed E-state index contributed by atoms with van der Waals surface area (Å²) in [6.45, 7) is 4.12. The van der Waals surface area contributed by atoms with E-state index >= 15 is 0 Å². The molecule has 1 nitrogen and oxygen atoms in total. The Bertz CT molecular complexity index is 140. The molecule has 0 aromatic carbocycles. The molecule has 0 saturated heterocycles. The molecule has 1 rings (SSSR count). The summed E-state index contributed by atoms with van der Waals surface area (Å²) in [5.74, 6) is 0. The van der Waals surface area contributed by atoms with Crippen LogP contribution in [-0.4, -0.2) is 11.9 Å². The number of hydrogen-bond acceptors (Lipinski definition) is 0. The third-order valence-electron chi connectivity index (χ3n) is 0.972. The number of aromatic nitrogens is 1. The van der Waals surface area contributed by atoms with Crippen molar-refractivity contribution in [2.45, 2.75) is 13.8 Å². The predicted octanol–water partition coefficient (Wildman–Crippen LogP) is 0.970. The number of aromatic amines is 1. The summed E-state index contributed by atoms with van der Waals surface area (Å²) in [5.41, 5.74) is 2.54. The first-order valence-corrected chi connectivity index (χ1v) is 2.40. The second kappa shape index (κ2) is 1.53. The van der Waals surface area contributed by atoms with Gasteiger partial charge >= 0.3 is 43.0 Å². The number of H-pyrrole nitrogens is 1. The topological polar surface area (TPSA) is 15.8 Å². The summed E-state index contributed by atoms with van der Waals surface area (Å²) < 4.78 is 0. The van der Waals surface area contributed by atoms with E-state index in [0.717, 1.165) is 0 Å². The van der Waals surface area contributed by atoms with Crippen molar-refractivity contribution in [3.8, 4) is 0 Å². The van der Waals surface area contributed by atoms with E-state index in [4.69, 9.17) is 0 Å². The van der Waals surface area contributed by atoms with Crippen LogP contribution in [0.1, 0.15) is 11.2 Å². The van der Waals surface area contributed by atoms with Crippen LogP contribution >= 0.6 is 0 Å². The Kier molecular flexibility index (Phi) is 1.01. The summed E-state index contributed by atoms with van der Waals surface area (Å²) >= 11 is 0. The fourth-order valence-corrected chi connectivity index (χ4v) is 0.653. The molecule has 0 unspecified atom stereocenters. The van der Waals surface area contributed by atoms with Crippen molar-refractivity contribution in [1.82, 2.24) is 4.89 Å². The van der Waals surface area contributed by atoms with Crippen LogP contribution in [0.2, 0.25) is 0 Å². The maximum absolute atomic E-state index is 3.07. The predicted molar refractivity (Wildman–Crippen MR) is 31.6 cm³/mol. The zero-order valence-electron chi connectivity index (χ0n) is 4.65. The van der Waals surface area contributed by atoms with Crippen LogP contribution < -0.4 is 0 Å². The number of rotatable bonds is 0. The van der Waals surface area contributed by atoms with Crippen molar-refractivity contribution in [2.75, 3.05) is 0 Å². The van der Waals surface area contributed by atoms with Crippen molar-refractivity contribution >= 4 is 7.05 Å². The summed E-state index contributed by atoms with van der Waals surface area (Å²) in [5, 5.41) is 0. The first kappa shape index (κ1) is 4.63. The van der Waals surface area contributed by atoms with E-state index in [1.165, 1.54) is 11.2 Å². The Hall–Kier alpha value is -0.525. The zero-order chi connectivity index (χ0) is 5.28. The molecule has 0 radical (unpaired) electrons. The van der Waals surface area contributed by atoms with Crippen LogP contribution in [-0.2, 0) is 0 Å². The van der Waals surface area contributed by atoms with Crippen LogP contribution in [0.4, 0.5) is 0 Å². The summed E-state index contributed by atoms with van der Waals surface area (Å²) in [4.78, 5) is 3.07. The van der Waals surface area contributed by atoms with Gasteiger partial charge in [0.15, 0.2) is 0 Å². The zero-order valence-corrected chi connectivity index (χ0v) is 4.65.